The number of nitrogens with one attached hydrogen (secondary N) is 1. The monoisotopic (exact) mass is 338 g/mol. The number of carbonyl (C=O) groups excluding carboxylic acids is 2. The molecule has 2 aromatic rings. The van der Waals surface area contributed by atoms with Crippen molar-refractivity contribution in [1.82, 2.24) is 0 Å². The predicted molar refractivity (Wildman–Crippen MR) is 81.7 cm³/mol. The number of carbonyl (C=O) groups is 2. The maximum atomic E-state index is 12.3. The first-order valence-corrected chi connectivity index (χ1v) is 6.84. The van der Waals surface area contributed by atoms with Gasteiger partial charge in [-0.25, -0.2) is 0 Å². The van der Waals surface area contributed by atoms with Crippen LogP contribution in [-0.2, 0) is 0 Å². The Hall–Kier alpha value is -2.24. The quantitative estimate of drug-likeness (QED) is 0.929. The molecule has 0 bridgehead atoms. The number of hydrogen-bond donors (Lipinski definition) is 1. The van der Waals surface area contributed by atoms with Crippen LogP contribution < -0.4 is 15.2 Å². The Balaban J connectivity index is 2.41. The summed E-state index contributed by atoms with van der Waals surface area (Å²) in [5.41, 5.74) is -0.104. The number of anilines is 1. The molecule has 0 spiro atoms. The molecule has 0 radical (unpaired) electrons. The van der Waals surface area contributed by atoms with E-state index in [1.54, 1.807) is 24.3 Å². The predicted octanol–water partition coefficient (Wildman–Crippen LogP) is 2.62. The van der Waals surface area contributed by atoms with Crippen LogP contribution in [0.4, 0.5) is 5.69 Å². The summed E-state index contributed by atoms with van der Waals surface area (Å²) in [5, 5.41) is 13.8. The van der Waals surface area contributed by atoms with Crippen LogP contribution in [-0.4, -0.2) is 19.0 Å². The van der Waals surface area contributed by atoms with Crippen molar-refractivity contribution in [1.29, 1.82) is 0 Å². The van der Waals surface area contributed by atoms with Gasteiger partial charge in [-0.05, 0) is 24.3 Å². The van der Waals surface area contributed by atoms with Crippen molar-refractivity contribution < 1.29 is 19.4 Å². The zero-order valence-corrected chi connectivity index (χ0v) is 12.9. The standard InChI is InChI=1S/C15H11Cl2NO4/c1-22-13-5-3-2-4-12(13)18-14(19)8-6-10(16)11(17)7-9(8)15(20)21/h2-7H,1H3,(H,18,19)(H,20,21)/p-1. The molecule has 114 valence electrons. The number of carboxylic acids is 1. The van der Waals surface area contributed by atoms with Crippen LogP contribution in [0.15, 0.2) is 36.4 Å². The molecule has 5 nitrogen and oxygen atoms in total. The summed E-state index contributed by atoms with van der Waals surface area (Å²) in [6.45, 7) is 0. The van der Waals surface area contributed by atoms with Gasteiger partial charge in [-0.15, -0.1) is 0 Å². The average Bonchev–Trinajstić information content (AvgIpc) is 2.49. The summed E-state index contributed by atoms with van der Waals surface area (Å²) in [5.74, 6) is -1.75. The van der Waals surface area contributed by atoms with Gasteiger partial charge in [-0.2, -0.15) is 0 Å². The molecule has 0 saturated carbocycles. The molecule has 0 aliphatic rings. The van der Waals surface area contributed by atoms with Gasteiger partial charge < -0.3 is 20.0 Å². The van der Waals surface area contributed by atoms with Crippen LogP contribution in [0.2, 0.25) is 10.0 Å². The van der Waals surface area contributed by atoms with E-state index in [2.05, 4.69) is 5.32 Å². The summed E-state index contributed by atoms with van der Waals surface area (Å²) < 4.78 is 5.11. The maximum absolute atomic E-state index is 12.3. The molecule has 0 aromatic heterocycles. The summed E-state index contributed by atoms with van der Waals surface area (Å²) in [7, 11) is 1.46. The van der Waals surface area contributed by atoms with Gasteiger partial charge in [-0.1, -0.05) is 35.3 Å². The number of methoxy groups -OCH3 is 1. The van der Waals surface area contributed by atoms with E-state index in [0.717, 1.165) is 6.07 Å². The van der Waals surface area contributed by atoms with E-state index in [0.29, 0.717) is 11.4 Å². The first-order chi connectivity index (χ1) is 10.4. The number of amides is 1. The smallest absolute Gasteiger partial charge is 0.256 e. The number of ether oxygens (including phenoxy) is 1. The molecule has 0 atom stereocenters. The van der Waals surface area contributed by atoms with E-state index in [-0.39, 0.29) is 21.2 Å². The lowest BCUT2D eigenvalue weighted by atomic mass is 10.1. The fourth-order valence-electron chi connectivity index (χ4n) is 1.84. The molecule has 2 aromatic carbocycles. The lowest BCUT2D eigenvalue weighted by Gasteiger charge is -2.14. The number of rotatable bonds is 4. The molecular weight excluding hydrogens is 329 g/mol. The normalized spacial score (nSPS) is 10.1. The van der Waals surface area contributed by atoms with Crippen molar-refractivity contribution in [2.45, 2.75) is 0 Å². The Bertz CT molecular complexity index is 746. The minimum atomic E-state index is -1.52. The number of hydrogen-bond acceptors (Lipinski definition) is 4. The number of para-hydroxylation sites is 2. The van der Waals surface area contributed by atoms with Crippen LogP contribution in [0.3, 0.4) is 0 Å². The second-order valence-electron chi connectivity index (χ2n) is 4.25. The lowest BCUT2D eigenvalue weighted by molar-refractivity contribution is -0.255. The van der Waals surface area contributed by atoms with Crippen LogP contribution in [0.5, 0.6) is 5.75 Å². The Morgan fingerprint density at radius 1 is 1.09 bits per heavy atom. The summed E-state index contributed by atoms with van der Waals surface area (Å²) in [6.07, 6.45) is 0. The van der Waals surface area contributed by atoms with E-state index in [1.807, 2.05) is 0 Å². The van der Waals surface area contributed by atoms with Crippen molar-refractivity contribution in [2.24, 2.45) is 0 Å². The Morgan fingerprint density at radius 3 is 2.27 bits per heavy atom. The second-order valence-corrected chi connectivity index (χ2v) is 5.07. The third-order valence-corrected chi connectivity index (χ3v) is 3.60. The SMILES string of the molecule is COc1ccccc1NC(=O)c1cc(Cl)c(Cl)cc1C(=O)[O-]. The second kappa shape index (κ2) is 6.68. The van der Waals surface area contributed by atoms with Crippen molar-refractivity contribution in [3.8, 4) is 5.75 Å². The third kappa shape index (κ3) is 3.32. The molecule has 0 aliphatic heterocycles. The molecule has 22 heavy (non-hydrogen) atoms. The molecule has 0 unspecified atom stereocenters. The highest BCUT2D eigenvalue weighted by atomic mass is 35.5. The number of aromatic carboxylic acids is 1. The molecule has 0 heterocycles. The van der Waals surface area contributed by atoms with Gasteiger partial charge in [0.2, 0.25) is 0 Å². The Labute approximate surface area is 136 Å². The Morgan fingerprint density at radius 2 is 1.68 bits per heavy atom. The van der Waals surface area contributed by atoms with Crippen LogP contribution >= 0.6 is 23.2 Å². The van der Waals surface area contributed by atoms with E-state index in [4.69, 9.17) is 27.9 Å². The van der Waals surface area contributed by atoms with Crippen LogP contribution in [0.25, 0.3) is 0 Å². The van der Waals surface area contributed by atoms with Gasteiger partial charge in [0.25, 0.3) is 5.91 Å². The molecule has 1 amide bonds. The number of benzene rings is 2. The molecule has 0 fully saturated rings. The molecule has 1 N–H and O–H groups in total. The minimum Gasteiger partial charge on any atom is -0.545 e. The van der Waals surface area contributed by atoms with Crippen molar-refractivity contribution in [2.75, 3.05) is 12.4 Å². The van der Waals surface area contributed by atoms with E-state index in [1.165, 1.54) is 13.2 Å². The van der Waals surface area contributed by atoms with Crippen molar-refractivity contribution in [3.05, 3.63) is 57.6 Å². The summed E-state index contributed by atoms with van der Waals surface area (Å²) in [4.78, 5) is 23.5. The van der Waals surface area contributed by atoms with Gasteiger partial charge in [-0.3, -0.25) is 4.79 Å². The lowest BCUT2D eigenvalue weighted by Crippen LogP contribution is -2.26. The van der Waals surface area contributed by atoms with E-state index in [9.17, 15) is 14.7 Å². The highest BCUT2D eigenvalue weighted by Gasteiger charge is 2.16. The molecule has 2 rings (SSSR count). The average molecular weight is 339 g/mol. The maximum Gasteiger partial charge on any atom is 0.256 e. The van der Waals surface area contributed by atoms with E-state index < -0.39 is 11.9 Å². The minimum absolute atomic E-state index is 0.0229. The number of carboxylic acid groups (broad SMARTS) is 1. The van der Waals surface area contributed by atoms with Gasteiger partial charge >= 0.3 is 0 Å². The summed E-state index contributed by atoms with van der Waals surface area (Å²) >= 11 is 11.6. The zero-order chi connectivity index (χ0) is 16.3. The summed E-state index contributed by atoms with van der Waals surface area (Å²) in [6, 6.07) is 8.97. The number of halogens is 2. The fraction of sp³-hybridized carbons (Fsp3) is 0.0667. The van der Waals surface area contributed by atoms with Gasteiger partial charge in [0.15, 0.2) is 0 Å². The fourth-order valence-corrected chi connectivity index (χ4v) is 2.17. The van der Waals surface area contributed by atoms with Gasteiger partial charge in [0, 0.05) is 5.56 Å². The van der Waals surface area contributed by atoms with Crippen molar-refractivity contribution >= 4 is 40.8 Å². The van der Waals surface area contributed by atoms with E-state index >= 15 is 0 Å². The third-order valence-electron chi connectivity index (χ3n) is 2.88. The molecular formula is C15H10Cl2NO4-. The van der Waals surface area contributed by atoms with Gasteiger partial charge in [0.1, 0.15) is 5.75 Å². The first-order valence-electron chi connectivity index (χ1n) is 6.08. The van der Waals surface area contributed by atoms with Crippen LogP contribution in [0.1, 0.15) is 20.7 Å². The Kier molecular flexibility index (Phi) is 4.90. The largest absolute Gasteiger partial charge is 0.545 e. The van der Waals surface area contributed by atoms with Gasteiger partial charge in [0.05, 0.1) is 34.4 Å². The highest BCUT2D eigenvalue weighted by molar-refractivity contribution is 6.42. The molecule has 0 saturated heterocycles. The topological polar surface area (TPSA) is 78.5 Å². The zero-order valence-electron chi connectivity index (χ0n) is 11.4. The first kappa shape index (κ1) is 16.1. The van der Waals surface area contributed by atoms with Crippen molar-refractivity contribution in [3.63, 3.8) is 0 Å². The molecule has 7 heteroatoms. The highest BCUT2D eigenvalue weighted by Crippen LogP contribution is 2.28. The van der Waals surface area contributed by atoms with Crippen LogP contribution in [0, 0.1) is 0 Å². The molecule has 0 aliphatic carbocycles.